The number of nitrogens with one attached hydrogen (secondary N) is 1. The summed E-state index contributed by atoms with van der Waals surface area (Å²) in [6.45, 7) is 5.29. The summed E-state index contributed by atoms with van der Waals surface area (Å²) in [5.41, 5.74) is 1.94. The van der Waals surface area contributed by atoms with E-state index >= 15 is 0 Å². The average molecular weight is 244 g/mol. The lowest BCUT2D eigenvalue weighted by Crippen LogP contribution is -2.18. The monoisotopic (exact) mass is 244 g/mol. The Hall–Kier alpha value is -1.77. The number of aryl methyl sites for hydroxylation is 1. The number of hydrogen-bond acceptors (Lipinski definition) is 2. The van der Waals surface area contributed by atoms with E-state index in [4.69, 9.17) is 0 Å². The Morgan fingerprint density at radius 1 is 1.28 bits per heavy atom. The summed E-state index contributed by atoms with van der Waals surface area (Å²) in [5, 5.41) is 4.47. The molecule has 1 heterocycles. The van der Waals surface area contributed by atoms with Gasteiger partial charge in [0.2, 0.25) is 0 Å². The van der Waals surface area contributed by atoms with E-state index in [9.17, 15) is 4.79 Å². The van der Waals surface area contributed by atoms with Gasteiger partial charge < -0.3 is 9.88 Å². The van der Waals surface area contributed by atoms with Crippen molar-refractivity contribution < 1.29 is 0 Å². The summed E-state index contributed by atoms with van der Waals surface area (Å²) in [7, 11) is 1.81. The van der Waals surface area contributed by atoms with Crippen molar-refractivity contribution in [2.24, 2.45) is 13.0 Å². The first-order chi connectivity index (χ1) is 8.59. The Morgan fingerprint density at radius 3 is 2.72 bits per heavy atom. The van der Waals surface area contributed by atoms with E-state index in [1.165, 1.54) is 0 Å². The van der Waals surface area contributed by atoms with E-state index in [1.807, 2.05) is 31.3 Å². The van der Waals surface area contributed by atoms with E-state index < -0.39 is 0 Å². The van der Waals surface area contributed by atoms with Crippen molar-refractivity contribution in [3.8, 4) is 0 Å². The molecule has 2 rings (SSSR count). The van der Waals surface area contributed by atoms with Crippen LogP contribution in [0.4, 0.5) is 5.69 Å². The van der Waals surface area contributed by atoms with E-state index in [2.05, 4.69) is 19.2 Å². The zero-order valence-electron chi connectivity index (χ0n) is 11.2. The molecule has 0 radical (unpaired) electrons. The molecule has 0 atom stereocenters. The van der Waals surface area contributed by atoms with Gasteiger partial charge in [-0.1, -0.05) is 32.0 Å². The van der Waals surface area contributed by atoms with Crippen molar-refractivity contribution in [1.82, 2.24) is 4.57 Å². The molecular formula is C15H20N2O. The highest BCUT2D eigenvalue weighted by molar-refractivity contribution is 5.91. The molecular weight excluding hydrogens is 224 g/mol. The Kier molecular flexibility index (Phi) is 3.70. The van der Waals surface area contributed by atoms with Crippen LogP contribution in [0.15, 0.2) is 35.1 Å². The van der Waals surface area contributed by atoms with Crippen LogP contribution in [0.1, 0.15) is 20.3 Å². The average Bonchev–Trinajstić information content (AvgIpc) is 2.35. The smallest absolute Gasteiger partial charge is 0.252 e. The molecule has 1 N–H and O–H groups in total. The van der Waals surface area contributed by atoms with Crippen molar-refractivity contribution in [2.75, 3.05) is 11.9 Å². The molecule has 0 fully saturated rings. The van der Waals surface area contributed by atoms with E-state index in [0.717, 1.165) is 29.6 Å². The largest absolute Gasteiger partial charge is 0.384 e. The number of nitrogens with zero attached hydrogens (tertiary/aromatic N) is 1. The predicted octanol–water partition coefficient (Wildman–Crippen LogP) is 3.00. The predicted molar refractivity (Wildman–Crippen MR) is 77.1 cm³/mol. The molecule has 0 unspecified atom stereocenters. The third kappa shape index (κ3) is 2.55. The van der Waals surface area contributed by atoms with Crippen LogP contribution in [-0.2, 0) is 7.05 Å². The first-order valence-electron chi connectivity index (χ1n) is 6.42. The normalized spacial score (nSPS) is 11.1. The number of pyridine rings is 1. The van der Waals surface area contributed by atoms with Gasteiger partial charge in [0.25, 0.3) is 5.56 Å². The Balaban J connectivity index is 2.38. The molecule has 18 heavy (non-hydrogen) atoms. The van der Waals surface area contributed by atoms with Gasteiger partial charge in [0.15, 0.2) is 0 Å². The molecule has 0 amide bonds. The SMILES string of the molecule is CC(C)CCNc1cc(=O)n(C)c2ccccc12. The van der Waals surface area contributed by atoms with Gasteiger partial charge in [-0.2, -0.15) is 0 Å². The summed E-state index contributed by atoms with van der Waals surface area (Å²) >= 11 is 0. The van der Waals surface area contributed by atoms with Crippen LogP contribution in [0, 0.1) is 5.92 Å². The number of fused-ring (bicyclic) bond motifs is 1. The standard InChI is InChI=1S/C15H20N2O/c1-11(2)8-9-16-13-10-15(18)17(3)14-7-5-4-6-12(13)14/h4-7,10-11,16H,8-9H2,1-3H3. The number of aromatic nitrogens is 1. The maximum Gasteiger partial charge on any atom is 0.252 e. The van der Waals surface area contributed by atoms with E-state index in [-0.39, 0.29) is 5.56 Å². The molecule has 0 aliphatic rings. The molecule has 3 heteroatoms. The van der Waals surface area contributed by atoms with Gasteiger partial charge in [-0.15, -0.1) is 0 Å². The second-order valence-electron chi connectivity index (χ2n) is 5.08. The lowest BCUT2D eigenvalue weighted by molar-refractivity contribution is 0.607. The van der Waals surface area contributed by atoms with Crippen molar-refractivity contribution in [2.45, 2.75) is 20.3 Å². The van der Waals surface area contributed by atoms with Gasteiger partial charge in [0, 0.05) is 30.7 Å². The number of anilines is 1. The highest BCUT2D eigenvalue weighted by atomic mass is 16.1. The minimum absolute atomic E-state index is 0.0285. The first kappa shape index (κ1) is 12.7. The lowest BCUT2D eigenvalue weighted by Gasteiger charge is -2.12. The second kappa shape index (κ2) is 5.25. The maximum absolute atomic E-state index is 11.9. The van der Waals surface area contributed by atoms with E-state index in [1.54, 1.807) is 10.6 Å². The van der Waals surface area contributed by atoms with Crippen molar-refractivity contribution in [3.05, 3.63) is 40.7 Å². The van der Waals surface area contributed by atoms with Crippen LogP contribution in [0.5, 0.6) is 0 Å². The molecule has 96 valence electrons. The van der Waals surface area contributed by atoms with Crippen LogP contribution < -0.4 is 10.9 Å². The van der Waals surface area contributed by atoms with Gasteiger partial charge in [-0.25, -0.2) is 0 Å². The first-order valence-corrected chi connectivity index (χ1v) is 6.42. The van der Waals surface area contributed by atoms with Crippen LogP contribution in [-0.4, -0.2) is 11.1 Å². The molecule has 1 aromatic carbocycles. The molecule has 0 bridgehead atoms. The second-order valence-corrected chi connectivity index (χ2v) is 5.08. The highest BCUT2D eigenvalue weighted by Gasteiger charge is 2.05. The third-order valence-corrected chi connectivity index (χ3v) is 3.19. The molecule has 3 nitrogen and oxygen atoms in total. The topological polar surface area (TPSA) is 34.0 Å². The van der Waals surface area contributed by atoms with Crippen molar-refractivity contribution >= 4 is 16.6 Å². The fourth-order valence-electron chi connectivity index (χ4n) is 2.05. The minimum atomic E-state index is 0.0285. The zero-order valence-corrected chi connectivity index (χ0v) is 11.2. The Labute approximate surface area is 107 Å². The molecule has 0 saturated heterocycles. The van der Waals surface area contributed by atoms with Crippen LogP contribution in [0.3, 0.4) is 0 Å². The Morgan fingerprint density at radius 2 is 2.00 bits per heavy atom. The molecule has 0 saturated carbocycles. The molecule has 0 aliphatic heterocycles. The molecule has 0 spiro atoms. The Bertz CT molecular complexity index is 599. The van der Waals surface area contributed by atoms with Gasteiger partial charge in [0.1, 0.15) is 0 Å². The fraction of sp³-hybridized carbons (Fsp3) is 0.400. The number of para-hydroxylation sites is 1. The van der Waals surface area contributed by atoms with Gasteiger partial charge in [0.05, 0.1) is 5.52 Å². The lowest BCUT2D eigenvalue weighted by atomic mass is 10.1. The van der Waals surface area contributed by atoms with Gasteiger partial charge in [-0.3, -0.25) is 4.79 Å². The summed E-state index contributed by atoms with van der Waals surface area (Å²) in [5.74, 6) is 0.662. The van der Waals surface area contributed by atoms with Crippen LogP contribution in [0.25, 0.3) is 10.9 Å². The fourth-order valence-corrected chi connectivity index (χ4v) is 2.05. The molecule has 1 aromatic heterocycles. The van der Waals surface area contributed by atoms with Gasteiger partial charge >= 0.3 is 0 Å². The van der Waals surface area contributed by atoms with E-state index in [0.29, 0.717) is 5.92 Å². The third-order valence-electron chi connectivity index (χ3n) is 3.19. The molecule has 2 aromatic rings. The highest BCUT2D eigenvalue weighted by Crippen LogP contribution is 2.20. The summed E-state index contributed by atoms with van der Waals surface area (Å²) in [4.78, 5) is 11.9. The summed E-state index contributed by atoms with van der Waals surface area (Å²) in [6, 6.07) is 9.67. The zero-order chi connectivity index (χ0) is 13.1. The van der Waals surface area contributed by atoms with Crippen molar-refractivity contribution in [1.29, 1.82) is 0 Å². The number of benzene rings is 1. The summed E-state index contributed by atoms with van der Waals surface area (Å²) in [6.07, 6.45) is 1.10. The van der Waals surface area contributed by atoms with Crippen LogP contribution >= 0.6 is 0 Å². The minimum Gasteiger partial charge on any atom is -0.384 e. The van der Waals surface area contributed by atoms with Gasteiger partial charge in [-0.05, 0) is 18.4 Å². The van der Waals surface area contributed by atoms with Crippen molar-refractivity contribution in [3.63, 3.8) is 0 Å². The molecule has 0 aliphatic carbocycles. The quantitative estimate of drug-likeness (QED) is 0.897. The maximum atomic E-state index is 11.9. The number of rotatable bonds is 4. The summed E-state index contributed by atoms with van der Waals surface area (Å²) < 4.78 is 1.68. The number of hydrogen-bond donors (Lipinski definition) is 1. The van der Waals surface area contributed by atoms with Crippen LogP contribution in [0.2, 0.25) is 0 Å².